The molecule has 0 unspecified atom stereocenters. The molecule has 43 heavy (non-hydrogen) atoms. The summed E-state index contributed by atoms with van der Waals surface area (Å²) in [6.45, 7) is 3.77. The van der Waals surface area contributed by atoms with Gasteiger partial charge in [0.15, 0.2) is 23.0 Å². The van der Waals surface area contributed by atoms with E-state index in [-0.39, 0.29) is 46.8 Å². The quantitative estimate of drug-likeness (QED) is 0.247. The van der Waals surface area contributed by atoms with E-state index in [2.05, 4.69) is 25.3 Å². The summed E-state index contributed by atoms with van der Waals surface area (Å²) >= 11 is 0. The van der Waals surface area contributed by atoms with Gasteiger partial charge in [0.2, 0.25) is 5.89 Å². The van der Waals surface area contributed by atoms with Crippen LogP contribution in [0.3, 0.4) is 0 Å². The number of carboxylic acids is 1. The van der Waals surface area contributed by atoms with Gasteiger partial charge < -0.3 is 34.4 Å². The summed E-state index contributed by atoms with van der Waals surface area (Å²) in [6.07, 6.45) is 1.19. The van der Waals surface area contributed by atoms with Gasteiger partial charge in [-0.2, -0.15) is 8.78 Å². The highest BCUT2D eigenvalue weighted by Crippen LogP contribution is 2.37. The number of alkyl halides is 2. The van der Waals surface area contributed by atoms with Crippen LogP contribution >= 0.6 is 0 Å². The monoisotopic (exact) mass is 602 g/mol. The second kappa shape index (κ2) is 13.0. The van der Waals surface area contributed by atoms with Crippen LogP contribution in [0, 0.1) is 5.92 Å². The minimum absolute atomic E-state index is 0.0149. The molecule has 1 fully saturated rings. The Morgan fingerprint density at radius 1 is 1.12 bits per heavy atom. The Hall–Kier alpha value is -4.75. The van der Waals surface area contributed by atoms with Crippen molar-refractivity contribution in [3.8, 4) is 23.0 Å². The van der Waals surface area contributed by atoms with Crippen molar-refractivity contribution in [1.29, 1.82) is 0 Å². The van der Waals surface area contributed by atoms with Crippen LogP contribution in [-0.4, -0.2) is 51.9 Å². The average molecular weight is 603 g/mol. The van der Waals surface area contributed by atoms with Crippen LogP contribution in [0.5, 0.6) is 11.5 Å². The zero-order valence-electron chi connectivity index (χ0n) is 24.0. The molecule has 230 valence electrons. The van der Waals surface area contributed by atoms with Gasteiger partial charge in [0, 0.05) is 5.56 Å². The molecule has 0 aliphatic heterocycles. The molecule has 3 N–H and O–H groups in total. The van der Waals surface area contributed by atoms with Gasteiger partial charge in [-0.15, -0.1) is 0 Å². The molecule has 1 aromatic carbocycles. The van der Waals surface area contributed by atoms with Gasteiger partial charge in [-0.3, -0.25) is 4.79 Å². The first-order valence-corrected chi connectivity index (χ1v) is 13.5. The second-order valence-corrected chi connectivity index (χ2v) is 10.9. The summed E-state index contributed by atoms with van der Waals surface area (Å²) in [5.74, 6) is -1.77. The van der Waals surface area contributed by atoms with Crippen LogP contribution in [0.1, 0.15) is 79.0 Å². The van der Waals surface area contributed by atoms with Crippen molar-refractivity contribution in [2.75, 3.05) is 6.61 Å². The predicted octanol–water partition coefficient (Wildman–Crippen LogP) is 5.34. The molecule has 2 amide bonds. The number of hydrogen-bond acceptors (Lipinski definition) is 9. The summed E-state index contributed by atoms with van der Waals surface area (Å²) < 4.78 is 47.6. The van der Waals surface area contributed by atoms with Gasteiger partial charge in [0.05, 0.1) is 24.9 Å². The van der Waals surface area contributed by atoms with E-state index in [9.17, 15) is 28.3 Å². The van der Waals surface area contributed by atoms with E-state index >= 15 is 0 Å². The van der Waals surface area contributed by atoms with Gasteiger partial charge in [-0.05, 0) is 76.8 Å². The van der Waals surface area contributed by atoms with E-state index in [4.69, 9.17) is 13.9 Å². The third-order valence-corrected chi connectivity index (χ3v) is 6.03. The lowest BCUT2D eigenvalue weighted by Gasteiger charge is -2.21. The highest BCUT2D eigenvalue weighted by molar-refractivity contribution is 5.94. The number of carbonyl (C=O) groups excluding carboxylic acids is 2. The Morgan fingerprint density at radius 3 is 2.51 bits per heavy atom. The molecular formula is C29H32F2N4O8. The SMILES string of the molecule is C[C@H](NC(=O)OC(C)(C)C)c1oc(-c2ccc(OC(F)F)c(OCC3CC3)c2)nc1C(=O)NCc1cccc(C(=O)O)n1. The molecular weight excluding hydrogens is 570 g/mol. The number of oxazole rings is 1. The van der Waals surface area contributed by atoms with E-state index in [1.54, 1.807) is 33.8 Å². The normalized spacial score (nSPS) is 13.7. The summed E-state index contributed by atoms with van der Waals surface area (Å²) in [5.41, 5.74) is -0.572. The zero-order valence-corrected chi connectivity index (χ0v) is 24.0. The largest absolute Gasteiger partial charge is 0.489 e. The van der Waals surface area contributed by atoms with Gasteiger partial charge in [-0.1, -0.05) is 6.07 Å². The minimum Gasteiger partial charge on any atom is -0.489 e. The van der Waals surface area contributed by atoms with Crippen molar-refractivity contribution in [1.82, 2.24) is 20.6 Å². The molecule has 1 aliphatic rings. The molecule has 0 saturated heterocycles. The summed E-state index contributed by atoms with van der Waals surface area (Å²) in [5, 5.41) is 14.4. The lowest BCUT2D eigenvalue weighted by atomic mass is 10.2. The predicted molar refractivity (Wildman–Crippen MR) is 147 cm³/mol. The highest BCUT2D eigenvalue weighted by Gasteiger charge is 2.29. The van der Waals surface area contributed by atoms with Crippen molar-refractivity contribution < 1.29 is 46.9 Å². The number of nitrogens with one attached hydrogen (secondary N) is 2. The zero-order chi connectivity index (χ0) is 31.3. The molecule has 0 spiro atoms. The smallest absolute Gasteiger partial charge is 0.408 e. The van der Waals surface area contributed by atoms with Gasteiger partial charge >= 0.3 is 18.7 Å². The molecule has 4 rings (SSSR count). The number of alkyl carbamates (subject to hydrolysis) is 1. The minimum atomic E-state index is -3.07. The number of aromatic carboxylic acids is 1. The molecule has 0 radical (unpaired) electrons. The Bertz CT molecular complexity index is 1480. The van der Waals surface area contributed by atoms with Crippen LogP contribution in [0.2, 0.25) is 0 Å². The van der Waals surface area contributed by atoms with Gasteiger partial charge in [0.1, 0.15) is 11.3 Å². The van der Waals surface area contributed by atoms with Crippen LogP contribution in [0.15, 0.2) is 40.8 Å². The fraction of sp³-hybridized carbons (Fsp3) is 0.414. The number of carbonyl (C=O) groups is 3. The molecule has 0 bridgehead atoms. The first-order valence-electron chi connectivity index (χ1n) is 13.5. The second-order valence-electron chi connectivity index (χ2n) is 10.9. The fourth-order valence-corrected chi connectivity index (χ4v) is 3.85. The highest BCUT2D eigenvalue weighted by atomic mass is 19.3. The number of hydrogen-bond donors (Lipinski definition) is 3. The Kier molecular flexibility index (Phi) is 9.46. The van der Waals surface area contributed by atoms with Crippen LogP contribution in [0.25, 0.3) is 11.5 Å². The number of halogens is 2. The molecule has 2 aromatic heterocycles. The molecule has 1 aliphatic carbocycles. The number of ether oxygens (including phenoxy) is 3. The average Bonchev–Trinajstić information content (AvgIpc) is 3.65. The van der Waals surface area contributed by atoms with Crippen LogP contribution < -0.4 is 20.1 Å². The summed E-state index contributed by atoms with van der Waals surface area (Å²) in [7, 11) is 0. The van der Waals surface area contributed by atoms with Crippen molar-refractivity contribution in [2.24, 2.45) is 5.92 Å². The van der Waals surface area contributed by atoms with Crippen LogP contribution in [0.4, 0.5) is 13.6 Å². The van der Waals surface area contributed by atoms with Gasteiger partial charge in [0.25, 0.3) is 5.91 Å². The third-order valence-electron chi connectivity index (χ3n) is 6.03. The maximum Gasteiger partial charge on any atom is 0.408 e. The van der Waals surface area contributed by atoms with E-state index in [0.717, 1.165) is 12.8 Å². The lowest BCUT2D eigenvalue weighted by Crippen LogP contribution is -2.34. The molecule has 1 atom stereocenters. The van der Waals surface area contributed by atoms with E-state index in [1.807, 2.05) is 0 Å². The van der Waals surface area contributed by atoms with Gasteiger partial charge in [-0.25, -0.2) is 19.6 Å². The summed E-state index contributed by atoms with van der Waals surface area (Å²) in [4.78, 5) is 45.3. The summed E-state index contributed by atoms with van der Waals surface area (Å²) in [6, 6.07) is 7.60. The number of pyridine rings is 1. The van der Waals surface area contributed by atoms with Crippen molar-refractivity contribution in [2.45, 2.75) is 65.3 Å². The maximum atomic E-state index is 13.3. The molecule has 14 heteroatoms. The lowest BCUT2D eigenvalue weighted by molar-refractivity contribution is -0.0515. The number of benzene rings is 1. The van der Waals surface area contributed by atoms with Crippen molar-refractivity contribution in [3.05, 3.63) is 59.2 Å². The van der Waals surface area contributed by atoms with Crippen LogP contribution in [-0.2, 0) is 11.3 Å². The van der Waals surface area contributed by atoms with E-state index < -0.39 is 36.2 Å². The number of amides is 2. The first-order chi connectivity index (χ1) is 20.3. The maximum absolute atomic E-state index is 13.3. The standard InChI is InChI=1S/C29H32F2N4O8/c1-15(33-28(39)43-29(2,3)4)23-22(24(36)32-13-18-6-5-7-19(34-18)26(37)38)35-25(42-23)17-10-11-20(41-27(30)31)21(12-17)40-14-16-8-9-16/h5-7,10-12,15-16,27H,8-9,13-14H2,1-4H3,(H,32,36)(H,33,39)(H,37,38)/t15-/m0/s1. The fourth-order valence-electron chi connectivity index (χ4n) is 3.85. The number of nitrogens with zero attached hydrogens (tertiary/aromatic N) is 2. The van der Waals surface area contributed by atoms with Crippen molar-refractivity contribution in [3.63, 3.8) is 0 Å². The Labute approximate surface area is 245 Å². The molecule has 12 nitrogen and oxygen atoms in total. The third kappa shape index (κ3) is 8.87. The molecule has 3 aromatic rings. The molecule has 2 heterocycles. The number of aromatic nitrogens is 2. The molecule has 1 saturated carbocycles. The Morgan fingerprint density at radius 2 is 1.86 bits per heavy atom. The number of rotatable bonds is 12. The first kappa shape index (κ1) is 31.2. The van der Waals surface area contributed by atoms with E-state index in [0.29, 0.717) is 18.1 Å². The number of carboxylic acid groups (broad SMARTS) is 1. The Balaban J connectivity index is 1.64. The van der Waals surface area contributed by atoms with Crippen molar-refractivity contribution >= 4 is 18.0 Å². The topological polar surface area (TPSA) is 162 Å². The van der Waals surface area contributed by atoms with E-state index in [1.165, 1.54) is 30.3 Å².